The third-order valence-corrected chi connectivity index (χ3v) is 7.35. The fraction of sp³-hybridized carbons (Fsp3) is 0.154. The van der Waals surface area contributed by atoms with E-state index < -0.39 is 0 Å². The molecule has 1 aliphatic heterocycles. The van der Waals surface area contributed by atoms with E-state index >= 15 is 0 Å². The molecule has 5 nitrogen and oxygen atoms in total. The number of amidine groups is 1. The fourth-order valence-corrected chi connectivity index (χ4v) is 5.31. The third-order valence-electron chi connectivity index (χ3n) is 5.07. The van der Waals surface area contributed by atoms with Gasteiger partial charge in [-0.25, -0.2) is 0 Å². The van der Waals surface area contributed by atoms with Crippen molar-refractivity contribution in [2.24, 2.45) is 20.2 Å². The van der Waals surface area contributed by atoms with Crippen LogP contribution in [0.2, 0.25) is 0 Å². The van der Waals surface area contributed by atoms with E-state index in [1.165, 1.54) is 5.69 Å². The Labute approximate surface area is 209 Å². The molecule has 0 spiro atoms. The second-order valence-corrected chi connectivity index (χ2v) is 10.1. The van der Waals surface area contributed by atoms with Gasteiger partial charge in [0.15, 0.2) is 0 Å². The summed E-state index contributed by atoms with van der Waals surface area (Å²) in [6.07, 6.45) is 1.75. The second-order valence-electron chi connectivity index (χ2n) is 7.21. The quantitative estimate of drug-likeness (QED) is 0.199. The van der Waals surface area contributed by atoms with Crippen LogP contribution in [0.3, 0.4) is 0 Å². The summed E-state index contributed by atoms with van der Waals surface area (Å²) in [5, 5.41) is 8.65. The molecule has 0 atom stereocenters. The van der Waals surface area contributed by atoms with Crippen molar-refractivity contribution in [2.75, 3.05) is 18.0 Å². The van der Waals surface area contributed by atoms with Crippen molar-refractivity contribution in [2.45, 2.75) is 13.8 Å². The van der Waals surface area contributed by atoms with E-state index in [-0.39, 0.29) is 15.0 Å². The first kappa shape index (κ1) is 23.3. The third kappa shape index (κ3) is 6.14. The van der Waals surface area contributed by atoms with Gasteiger partial charge in [0, 0.05) is 0 Å². The zero-order valence-electron chi connectivity index (χ0n) is 18.5. The SMILES string of the molecule is CCN(CC)c1ccc(N=C2[Se]/C(=N/N=C\c3ccccc3)N=C2c2ccc(Br)cc2)cc1. The van der Waals surface area contributed by atoms with Crippen molar-refractivity contribution in [1.82, 2.24) is 0 Å². The predicted octanol–water partition coefficient (Wildman–Crippen LogP) is 5.92. The Morgan fingerprint density at radius 2 is 1.61 bits per heavy atom. The molecule has 0 amide bonds. The van der Waals surface area contributed by atoms with Crippen LogP contribution in [0.25, 0.3) is 0 Å². The van der Waals surface area contributed by atoms with Crippen LogP contribution in [0.4, 0.5) is 11.4 Å². The van der Waals surface area contributed by atoms with E-state index in [0.717, 1.165) is 44.7 Å². The maximum atomic E-state index is 4.96. The molecule has 1 aliphatic rings. The first-order valence-corrected chi connectivity index (χ1v) is 13.3. The molecular weight excluding hydrogens is 541 g/mol. The number of aliphatic imine (C=N–C) groups is 2. The molecule has 166 valence electrons. The molecule has 0 bridgehead atoms. The van der Waals surface area contributed by atoms with Crippen LogP contribution in [-0.2, 0) is 0 Å². The van der Waals surface area contributed by atoms with Crippen LogP contribution in [0.1, 0.15) is 25.0 Å². The standard InChI is InChI=1S/C26H24BrN5Se/c1-3-32(4-2)23-16-14-22(15-17-23)29-25-24(20-10-12-21(27)13-11-20)30-26(33-25)31-28-18-19-8-6-5-7-9-19/h5-18H,3-4H2,1-2H3/b28-18-,29-25?,31-26+. The normalized spacial score (nSPS) is 16.0. The molecule has 33 heavy (non-hydrogen) atoms. The van der Waals surface area contributed by atoms with Crippen LogP contribution in [0, 0.1) is 0 Å². The molecule has 7 heteroatoms. The molecule has 3 aromatic rings. The maximum absolute atomic E-state index is 4.96. The van der Waals surface area contributed by atoms with Crippen LogP contribution < -0.4 is 4.90 Å². The summed E-state index contributed by atoms with van der Waals surface area (Å²) in [7, 11) is 0. The molecule has 0 saturated heterocycles. The van der Waals surface area contributed by atoms with E-state index in [1.807, 2.05) is 54.6 Å². The van der Waals surface area contributed by atoms with Gasteiger partial charge in [-0.2, -0.15) is 0 Å². The number of rotatable bonds is 7. The van der Waals surface area contributed by atoms with Crippen molar-refractivity contribution < 1.29 is 0 Å². The number of halogens is 1. The summed E-state index contributed by atoms with van der Waals surface area (Å²) < 4.78 is 2.70. The summed E-state index contributed by atoms with van der Waals surface area (Å²) in [5.74, 6) is 0. The van der Waals surface area contributed by atoms with Gasteiger partial charge in [0.2, 0.25) is 0 Å². The summed E-state index contributed by atoms with van der Waals surface area (Å²) in [6.45, 7) is 6.30. The predicted molar refractivity (Wildman–Crippen MR) is 145 cm³/mol. The molecule has 3 aromatic carbocycles. The Hall–Kier alpha value is -2.86. The fourth-order valence-electron chi connectivity index (χ4n) is 3.34. The van der Waals surface area contributed by atoms with Crippen LogP contribution in [0.5, 0.6) is 0 Å². The molecule has 0 fully saturated rings. The van der Waals surface area contributed by atoms with Gasteiger partial charge in [-0.05, 0) is 0 Å². The Bertz CT molecular complexity index is 1200. The Balaban J connectivity index is 1.63. The molecule has 0 N–H and O–H groups in total. The number of hydrogen-bond acceptors (Lipinski definition) is 4. The van der Waals surface area contributed by atoms with Crippen molar-refractivity contribution >= 4 is 63.5 Å². The number of benzene rings is 3. The molecule has 0 unspecified atom stereocenters. The van der Waals surface area contributed by atoms with E-state index in [0.29, 0.717) is 4.73 Å². The second kappa shape index (κ2) is 11.3. The number of anilines is 1. The van der Waals surface area contributed by atoms with Gasteiger partial charge in [0.1, 0.15) is 0 Å². The number of nitrogens with zero attached hydrogens (tertiary/aromatic N) is 5. The minimum absolute atomic E-state index is 0.131. The summed E-state index contributed by atoms with van der Waals surface area (Å²) >= 11 is 3.38. The van der Waals surface area contributed by atoms with Crippen molar-refractivity contribution in [3.05, 3.63) is 94.5 Å². The van der Waals surface area contributed by atoms with Crippen LogP contribution in [-0.4, -0.2) is 49.3 Å². The summed E-state index contributed by atoms with van der Waals surface area (Å²) in [4.78, 5) is 12.1. The molecule has 4 rings (SSSR count). The Kier molecular flexibility index (Phi) is 8.00. The van der Waals surface area contributed by atoms with E-state index in [2.05, 4.69) is 69.1 Å². The Morgan fingerprint density at radius 1 is 0.909 bits per heavy atom. The van der Waals surface area contributed by atoms with Gasteiger partial charge in [-0.3, -0.25) is 0 Å². The van der Waals surface area contributed by atoms with Crippen molar-refractivity contribution in [3.63, 3.8) is 0 Å². The van der Waals surface area contributed by atoms with Gasteiger partial charge in [0.25, 0.3) is 0 Å². The van der Waals surface area contributed by atoms with Gasteiger partial charge in [0.05, 0.1) is 0 Å². The van der Waals surface area contributed by atoms with E-state index in [1.54, 1.807) is 6.21 Å². The van der Waals surface area contributed by atoms with Gasteiger partial charge in [-0.15, -0.1) is 0 Å². The minimum atomic E-state index is -0.131. The zero-order valence-corrected chi connectivity index (χ0v) is 21.8. The molecular formula is C26H24BrN5Se. The molecule has 0 aliphatic carbocycles. The van der Waals surface area contributed by atoms with Crippen molar-refractivity contribution in [1.29, 1.82) is 0 Å². The Morgan fingerprint density at radius 3 is 2.27 bits per heavy atom. The van der Waals surface area contributed by atoms with Gasteiger partial charge in [-0.1, -0.05) is 0 Å². The molecule has 1 heterocycles. The average Bonchev–Trinajstić information content (AvgIpc) is 3.24. The monoisotopic (exact) mass is 565 g/mol. The van der Waals surface area contributed by atoms with Crippen LogP contribution in [0.15, 0.2) is 104 Å². The number of hydrogen-bond donors (Lipinski definition) is 0. The molecule has 0 radical (unpaired) electrons. The molecule has 0 aromatic heterocycles. The van der Waals surface area contributed by atoms with E-state index in [9.17, 15) is 0 Å². The first-order chi connectivity index (χ1) is 16.2. The first-order valence-electron chi connectivity index (χ1n) is 10.8. The summed E-state index contributed by atoms with van der Waals surface area (Å²) in [6, 6.07) is 26.5. The van der Waals surface area contributed by atoms with Crippen LogP contribution >= 0.6 is 15.9 Å². The summed E-state index contributed by atoms with van der Waals surface area (Å²) in [5.41, 5.74) is 5.02. The van der Waals surface area contributed by atoms with Gasteiger partial charge < -0.3 is 0 Å². The zero-order chi connectivity index (χ0) is 23.0. The van der Waals surface area contributed by atoms with E-state index in [4.69, 9.17) is 9.98 Å². The van der Waals surface area contributed by atoms with Gasteiger partial charge >= 0.3 is 210 Å². The average molecular weight is 565 g/mol. The van der Waals surface area contributed by atoms with Crippen molar-refractivity contribution in [3.8, 4) is 0 Å². The molecule has 0 saturated carbocycles. The topological polar surface area (TPSA) is 52.7 Å².